The van der Waals surface area contributed by atoms with E-state index in [2.05, 4.69) is 4.98 Å². The summed E-state index contributed by atoms with van der Waals surface area (Å²) in [6.45, 7) is 1.75. The number of para-hydroxylation sites is 1. The molecular formula is C11H11NO2. The third kappa shape index (κ3) is 1.18. The monoisotopic (exact) mass is 189 g/mol. The molecular weight excluding hydrogens is 178 g/mol. The highest BCUT2D eigenvalue weighted by Crippen LogP contribution is 2.35. The van der Waals surface area contributed by atoms with E-state index >= 15 is 0 Å². The summed E-state index contributed by atoms with van der Waals surface area (Å²) in [5, 5.41) is 10.5. The Morgan fingerprint density at radius 1 is 1.29 bits per heavy atom. The lowest BCUT2D eigenvalue weighted by Crippen LogP contribution is -1.91. The van der Waals surface area contributed by atoms with Crippen LogP contribution >= 0.6 is 0 Å². The van der Waals surface area contributed by atoms with Crippen LogP contribution in [0.15, 0.2) is 24.3 Å². The molecule has 0 fully saturated rings. The molecule has 0 aliphatic rings. The first-order valence-corrected chi connectivity index (χ1v) is 4.36. The predicted molar refractivity (Wildman–Crippen MR) is 54.7 cm³/mol. The predicted octanol–water partition coefficient (Wildman–Crippen LogP) is 2.26. The number of hydrogen-bond donors (Lipinski definition) is 1. The Morgan fingerprint density at radius 3 is 2.71 bits per heavy atom. The lowest BCUT2D eigenvalue weighted by molar-refractivity contribution is 0.374. The second kappa shape index (κ2) is 3.18. The molecule has 72 valence electrons. The van der Waals surface area contributed by atoms with Crippen LogP contribution in [-0.2, 0) is 0 Å². The molecule has 0 aliphatic carbocycles. The van der Waals surface area contributed by atoms with Gasteiger partial charge in [-0.15, -0.1) is 0 Å². The maximum atomic E-state index is 9.71. The number of methoxy groups -OCH3 is 1. The minimum atomic E-state index is 0.117. The van der Waals surface area contributed by atoms with Gasteiger partial charge < -0.3 is 9.84 Å². The number of pyridine rings is 1. The minimum Gasteiger partial charge on any atom is -0.503 e. The quantitative estimate of drug-likeness (QED) is 0.748. The molecule has 0 spiro atoms. The molecule has 0 aliphatic heterocycles. The van der Waals surface area contributed by atoms with Crippen molar-refractivity contribution in [3.8, 4) is 11.5 Å². The van der Waals surface area contributed by atoms with Gasteiger partial charge in [-0.05, 0) is 19.1 Å². The standard InChI is InChI=1S/C11H11NO2/c1-7-10(13)11(14-2)8-5-3-4-6-9(8)12-7/h3-6,13H,1-2H3. The van der Waals surface area contributed by atoms with Crippen LogP contribution in [-0.4, -0.2) is 17.2 Å². The topological polar surface area (TPSA) is 42.4 Å². The number of fused-ring (bicyclic) bond motifs is 1. The van der Waals surface area contributed by atoms with E-state index in [-0.39, 0.29) is 5.75 Å². The van der Waals surface area contributed by atoms with Crippen LogP contribution in [0.25, 0.3) is 10.9 Å². The van der Waals surface area contributed by atoms with Crippen LogP contribution < -0.4 is 4.74 Å². The molecule has 0 saturated heterocycles. The van der Waals surface area contributed by atoms with Gasteiger partial charge in [0.1, 0.15) is 0 Å². The SMILES string of the molecule is COc1c(O)c(C)nc2ccccc12. The molecule has 0 unspecified atom stereocenters. The van der Waals surface area contributed by atoms with Gasteiger partial charge in [-0.25, -0.2) is 4.98 Å². The van der Waals surface area contributed by atoms with Gasteiger partial charge in [-0.2, -0.15) is 0 Å². The summed E-state index contributed by atoms with van der Waals surface area (Å²) < 4.78 is 5.15. The van der Waals surface area contributed by atoms with Crippen LogP contribution in [0.3, 0.4) is 0 Å². The van der Waals surface area contributed by atoms with Gasteiger partial charge >= 0.3 is 0 Å². The van der Waals surface area contributed by atoms with Crippen molar-refractivity contribution in [3.63, 3.8) is 0 Å². The molecule has 0 saturated carbocycles. The smallest absolute Gasteiger partial charge is 0.180 e. The zero-order chi connectivity index (χ0) is 10.1. The van der Waals surface area contributed by atoms with Crippen molar-refractivity contribution in [3.05, 3.63) is 30.0 Å². The Labute approximate surface area is 82.0 Å². The van der Waals surface area contributed by atoms with Crippen LogP contribution in [0, 0.1) is 6.92 Å². The summed E-state index contributed by atoms with van der Waals surface area (Å²) in [7, 11) is 1.54. The second-order valence-corrected chi connectivity index (χ2v) is 3.10. The van der Waals surface area contributed by atoms with E-state index in [0.29, 0.717) is 11.4 Å². The number of rotatable bonds is 1. The molecule has 2 aromatic rings. The van der Waals surface area contributed by atoms with E-state index in [1.165, 1.54) is 0 Å². The average molecular weight is 189 g/mol. The number of aryl methyl sites for hydroxylation is 1. The largest absolute Gasteiger partial charge is 0.503 e. The highest BCUT2D eigenvalue weighted by molar-refractivity contribution is 5.87. The number of benzene rings is 1. The van der Waals surface area contributed by atoms with E-state index in [0.717, 1.165) is 10.9 Å². The molecule has 14 heavy (non-hydrogen) atoms. The maximum Gasteiger partial charge on any atom is 0.180 e. The number of aromatic hydroxyl groups is 1. The summed E-state index contributed by atoms with van der Waals surface area (Å²) >= 11 is 0. The highest BCUT2D eigenvalue weighted by Gasteiger charge is 2.10. The lowest BCUT2D eigenvalue weighted by Gasteiger charge is -2.08. The molecule has 1 aromatic heterocycles. The van der Waals surface area contributed by atoms with Crippen molar-refractivity contribution in [2.75, 3.05) is 7.11 Å². The number of ether oxygens (including phenoxy) is 1. The van der Waals surface area contributed by atoms with Crippen molar-refractivity contribution in [1.82, 2.24) is 4.98 Å². The van der Waals surface area contributed by atoms with Gasteiger partial charge in [0, 0.05) is 5.39 Å². The summed E-state index contributed by atoms with van der Waals surface area (Å²) in [6, 6.07) is 7.57. The zero-order valence-corrected chi connectivity index (χ0v) is 8.11. The van der Waals surface area contributed by atoms with Crippen molar-refractivity contribution >= 4 is 10.9 Å². The Morgan fingerprint density at radius 2 is 2.00 bits per heavy atom. The van der Waals surface area contributed by atoms with Crippen LogP contribution in [0.4, 0.5) is 0 Å². The molecule has 3 heteroatoms. The van der Waals surface area contributed by atoms with Gasteiger partial charge in [0.05, 0.1) is 18.3 Å². The Bertz CT molecular complexity index is 480. The normalized spacial score (nSPS) is 10.4. The summed E-state index contributed by atoms with van der Waals surface area (Å²) in [4.78, 5) is 4.25. The van der Waals surface area contributed by atoms with E-state index < -0.39 is 0 Å². The van der Waals surface area contributed by atoms with Gasteiger partial charge in [0.15, 0.2) is 11.5 Å². The molecule has 2 rings (SSSR count). The van der Waals surface area contributed by atoms with Crippen molar-refractivity contribution in [2.24, 2.45) is 0 Å². The van der Waals surface area contributed by atoms with Gasteiger partial charge in [0.25, 0.3) is 0 Å². The third-order valence-corrected chi connectivity index (χ3v) is 2.20. The van der Waals surface area contributed by atoms with Crippen molar-refractivity contribution < 1.29 is 9.84 Å². The van der Waals surface area contributed by atoms with Gasteiger partial charge in [0.2, 0.25) is 0 Å². The number of hydrogen-bond acceptors (Lipinski definition) is 3. The molecule has 0 bridgehead atoms. The van der Waals surface area contributed by atoms with Crippen LogP contribution in [0.5, 0.6) is 11.5 Å². The maximum absolute atomic E-state index is 9.71. The third-order valence-electron chi connectivity index (χ3n) is 2.20. The van der Waals surface area contributed by atoms with Gasteiger partial charge in [-0.3, -0.25) is 0 Å². The number of nitrogens with zero attached hydrogens (tertiary/aromatic N) is 1. The Hall–Kier alpha value is -1.77. The van der Waals surface area contributed by atoms with E-state index in [4.69, 9.17) is 4.74 Å². The fourth-order valence-corrected chi connectivity index (χ4v) is 1.50. The fourth-order valence-electron chi connectivity index (χ4n) is 1.50. The minimum absolute atomic E-state index is 0.117. The Kier molecular flexibility index (Phi) is 2.00. The highest BCUT2D eigenvalue weighted by atomic mass is 16.5. The van der Waals surface area contributed by atoms with Crippen molar-refractivity contribution in [2.45, 2.75) is 6.92 Å². The molecule has 3 nitrogen and oxygen atoms in total. The molecule has 1 heterocycles. The Balaban J connectivity index is 2.89. The first-order chi connectivity index (χ1) is 6.74. The molecule has 1 N–H and O–H groups in total. The summed E-state index contributed by atoms with van der Waals surface area (Å²) in [5.41, 5.74) is 1.42. The van der Waals surface area contributed by atoms with E-state index in [9.17, 15) is 5.11 Å². The second-order valence-electron chi connectivity index (χ2n) is 3.10. The van der Waals surface area contributed by atoms with Crippen LogP contribution in [0.1, 0.15) is 5.69 Å². The molecule has 0 amide bonds. The zero-order valence-electron chi connectivity index (χ0n) is 8.11. The first-order valence-electron chi connectivity index (χ1n) is 4.36. The van der Waals surface area contributed by atoms with Crippen molar-refractivity contribution in [1.29, 1.82) is 0 Å². The molecule has 0 radical (unpaired) electrons. The summed E-state index contributed by atoms with van der Waals surface area (Å²) in [5.74, 6) is 0.610. The molecule has 0 atom stereocenters. The van der Waals surface area contributed by atoms with E-state index in [1.54, 1.807) is 14.0 Å². The fraction of sp³-hybridized carbons (Fsp3) is 0.182. The number of aromatic nitrogens is 1. The lowest BCUT2D eigenvalue weighted by atomic mass is 10.1. The summed E-state index contributed by atoms with van der Waals surface area (Å²) in [6.07, 6.45) is 0. The van der Waals surface area contributed by atoms with Crippen LogP contribution in [0.2, 0.25) is 0 Å². The van der Waals surface area contributed by atoms with E-state index in [1.807, 2.05) is 24.3 Å². The molecule has 1 aromatic carbocycles. The van der Waals surface area contributed by atoms with Gasteiger partial charge in [-0.1, -0.05) is 12.1 Å². The average Bonchev–Trinajstić information content (AvgIpc) is 2.20. The first kappa shape index (κ1) is 8.81.